The Morgan fingerprint density at radius 2 is 2.14 bits per heavy atom. The van der Waals surface area contributed by atoms with E-state index in [0.717, 1.165) is 11.0 Å². The topological polar surface area (TPSA) is 38.3 Å². The molecule has 1 amide bonds. The summed E-state index contributed by atoms with van der Waals surface area (Å²) >= 11 is 9.27. The van der Waals surface area contributed by atoms with Gasteiger partial charge in [0.25, 0.3) is 5.91 Å². The van der Waals surface area contributed by atoms with Gasteiger partial charge in [0.1, 0.15) is 5.75 Å². The molecule has 0 heterocycles. The number of amides is 1. The summed E-state index contributed by atoms with van der Waals surface area (Å²) in [6, 6.07) is 5.26. The molecule has 1 aliphatic carbocycles. The third-order valence-electron chi connectivity index (χ3n) is 3.86. The summed E-state index contributed by atoms with van der Waals surface area (Å²) in [4.78, 5) is 12.1. The van der Waals surface area contributed by atoms with Crippen LogP contribution in [0.1, 0.15) is 39.0 Å². The summed E-state index contributed by atoms with van der Waals surface area (Å²) in [6.07, 6.45) is 5.81. The molecule has 0 bridgehead atoms. The smallest absolute Gasteiger partial charge is 0.260 e. The quantitative estimate of drug-likeness (QED) is 0.820. The maximum atomic E-state index is 12.1. The van der Waals surface area contributed by atoms with E-state index in [-0.39, 0.29) is 5.91 Å². The fourth-order valence-corrected chi connectivity index (χ4v) is 3.37. The first-order valence-corrected chi connectivity index (χ1v) is 8.63. The minimum absolute atomic E-state index is 0.0672. The second-order valence-electron chi connectivity index (χ2n) is 5.58. The molecule has 0 spiro atoms. The molecule has 1 saturated carbocycles. The minimum atomic E-state index is -0.522. The van der Waals surface area contributed by atoms with Gasteiger partial charge in [0.15, 0.2) is 6.10 Å². The van der Waals surface area contributed by atoms with Gasteiger partial charge in [-0.3, -0.25) is 4.79 Å². The maximum Gasteiger partial charge on any atom is 0.260 e. The van der Waals surface area contributed by atoms with Crippen molar-refractivity contribution in [1.29, 1.82) is 0 Å². The first kappa shape index (κ1) is 16.6. The van der Waals surface area contributed by atoms with Crippen LogP contribution in [0.25, 0.3) is 0 Å². The van der Waals surface area contributed by atoms with Crippen molar-refractivity contribution in [3.63, 3.8) is 0 Å². The molecule has 21 heavy (non-hydrogen) atoms. The Bertz CT molecular complexity index is 489. The van der Waals surface area contributed by atoms with Gasteiger partial charge in [-0.05, 0) is 59.8 Å². The summed E-state index contributed by atoms with van der Waals surface area (Å²) in [6.45, 7) is 2.52. The molecule has 1 fully saturated rings. The zero-order valence-corrected chi connectivity index (χ0v) is 14.5. The molecule has 1 aromatic rings. The molecule has 0 aromatic heterocycles. The fraction of sp³-hybridized carbons (Fsp3) is 0.562. The molecule has 1 atom stereocenters. The summed E-state index contributed by atoms with van der Waals surface area (Å²) in [5.74, 6) is 1.18. The Morgan fingerprint density at radius 1 is 1.43 bits per heavy atom. The van der Waals surface area contributed by atoms with Crippen molar-refractivity contribution in [1.82, 2.24) is 5.32 Å². The highest BCUT2D eigenvalue weighted by atomic mass is 79.9. The van der Waals surface area contributed by atoms with E-state index in [1.165, 1.54) is 32.1 Å². The predicted molar refractivity (Wildman–Crippen MR) is 88.8 cm³/mol. The lowest BCUT2D eigenvalue weighted by molar-refractivity contribution is -0.127. The number of hydrogen-bond donors (Lipinski definition) is 1. The largest absolute Gasteiger partial charge is 0.480 e. The summed E-state index contributed by atoms with van der Waals surface area (Å²) < 4.78 is 6.44. The molecule has 1 N–H and O–H groups in total. The Morgan fingerprint density at radius 3 is 2.81 bits per heavy atom. The molecular weight excluding hydrogens is 354 g/mol. The van der Waals surface area contributed by atoms with Crippen molar-refractivity contribution in [3.8, 4) is 5.75 Å². The van der Waals surface area contributed by atoms with E-state index in [2.05, 4.69) is 21.2 Å². The number of halogens is 2. The van der Waals surface area contributed by atoms with Crippen molar-refractivity contribution in [2.75, 3.05) is 6.54 Å². The van der Waals surface area contributed by atoms with E-state index in [9.17, 15) is 4.79 Å². The predicted octanol–water partition coefficient (Wildman–Crippen LogP) is 4.57. The Kier molecular flexibility index (Phi) is 6.37. The molecule has 3 nitrogen and oxygen atoms in total. The number of rotatable bonds is 5. The zero-order chi connectivity index (χ0) is 15.2. The van der Waals surface area contributed by atoms with Gasteiger partial charge in [0.2, 0.25) is 0 Å². The lowest BCUT2D eigenvalue weighted by atomic mass is 9.89. The van der Waals surface area contributed by atoms with Gasteiger partial charge in [0.05, 0.1) is 4.47 Å². The fourth-order valence-electron chi connectivity index (χ4n) is 2.59. The molecule has 0 saturated heterocycles. The van der Waals surface area contributed by atoms with Crippen LogP contribution in [-0.2, 0) is 4.79 Å². The third kappa shape index (κ3) is 5.19. The van der Waals surface area contributed by atoms with Crippen molar-refractivity contribution >= 4 is 33.4 Å². The highest BCUT2D eigenvalue weighted by Crippen LogP contribution is 2.28. The molecule has 5 heteroatoms. The normalized spacial score (nSPS) is 17.3. The number of carbonyl (C=O) groups is 1. The molecule has 0 radical (unpaired) electrons. The lowest BCUT2D eigenvalue weighted by Crippen LogP contribution is -2.39. The van der Waals surface area contributed by atoms with Crippen LogP contribution >= 0.6 is 27.5 Å². The van der Waals surface area contributed by atoms with Crippen molar-refractivity contribution in [2.24, 2.45) is 5.92 Å². The van der Waals surface area contributed by atoms with Gasteiger partial charge in [-0.1, -0.05) is 30.9 Å². The van der Waals surface area contributed by atoms with Crippen LogP contribution in [0.3, 0.4) is 0 Å². The van der Waals surface area contributed by atoms with Crippen LogP contribution in [0.2, 0.25) is 5.02 Å². The number of carbonyl (C=O) groups excluding carboxylic acids is 1. The van der Waals surface area contributed by atoms with Gasteiger partial charge < -0.3 is 10.1 Å². The van der Waals surface area contributed by atoms with Crippen LogP contribution in [0.4, 0.5) is 0 Å². The van der Waals surface area contributed by atoms with Crippen LogP contribution in [0.5, 0.6) is 5.75 Å². The van der Waals surface area contributed by atoms with Gasteiger partial charge in [-0.2, -0.15) is 0 Å². The van der Waals surface area contributed by atoms with Crippen molar-refractivity contribution in [2.45, 2.75) is 45.1 Å². The second kappa shape index (κ2) is 8.04. The number of hydrogen-bond acceptors (Lipinski definition) is 2. The molecule has 1 aliphatic rings. The van der Waals surface area contributed by atoms with E-state index in [0.29, 0.717) is 16.7 Å². The second-order valence-corrected chi connectivity index (χ2v) is 6.87. The Balaban J connectivity index is 1.81. The first-order valence-electron chi connectivity index (χ1n) is 7.45. The molecule has 0 aliphatic heterocycles. The Hall–Kier alpha value is -0.740. The average molecular weight is 375 g/mol. The molecule has 1 aromatic carbocycles. The first-order chi connectivity index (χ1) is 10.1. The Labute approximate surface area is 139 Å². The van der Waals surface area contributed by atoms with Crippen LogP contribution in [0.15, 0.2) is 22.7 Å². The lowest BCUT2D eigenvalue weighted by Gasteiger charge is -2.23. The molecule has 116 valence electrons. The average Bonchev–Trinajstić information content (AvgIpc) is 2.48. The number of ether oxygens (including phenoxy) is 1. The van der Waals surface area contributed by atoms with Crippen molar-refractivity contribution in [3.05, 3.63) is 27.7 Å². The summed E-state index contributed by atoms with van der Waals surface area (Å²) in [7, 11) is 0. The van der Waals surface area contributed by atoms with Gasteiger partial charge in [0, 0.05) is 11.6 Å². The van der Waals surface area contributed by atoms with E-state index in [1.54, 1.807) is 25.1 Å². The van der Waals surface area contributed by atoms with Crippen LogP contribution < -0.4 is 10.1 Å². The zero-order valence-electron chi connectivity index (χ0n) is 12.2. The summed E-state index contributed by atoms with van der Waals surface area (Å²) in [5.41, 5.74) is 0. The molecule has 0 unspecified atom stereocenters. The van der Waals surface area contributed by atoms with E-state index in [1.807, 2.05) is 0 Å². The highest BCUT2D eigenvalue weighted by molar-refractivity contribution is 9.10. The van der Waals surface area contributed by atoms with Crippen LogP contribution in [-0.4, -0.2) is 18.6 Å². The maximum absolute atomic E-state index is 12.1. The molecular formula is C16H21BrClNO2. The van der Waals surface area contributed by atoms with Gasteiger partial charge >= 0.3 is 0 Å². The standard InChI is InChI=1S/C16H21BrClNO2/c1-11(21-15-8-7-13(18)9-14(15)17)16(20)19-10-12-5-3-2-4-6-12/h7-9,11-12H,2-6,10H2,1H3,(H,19,20)/t11-/m0/s1. The monoisotopic (exact) mass is 373 g/mol. The van der Waals surface area contributed by atoms with E-state index in [4.69, 9.17) is 16.3 Å². The summed E-state index contributed by atoms with van der Waals surface area (Å²) in [5, 5.41) is 3.63. The highest BCUT2D eigenvalue weighted by Gasteiger charge is 2.19. The van der Waals surface area contributed by atoms with E-state index < -0.39 is 6.10 Å². The number of nitrogens with one attached hydrogen (secondary N) is 1. The van der Waals surface area contributed by atoms with Gasteiger partial charge in [-0.25, -0.2) is 0 Å². The van der Waals surface area contributed by atoms with Gasteiger partial charge in [-0.15, -0.1) is 0 Å². The SMILES string of the molecule is C[C@H](Oc1ccc(Cl)cc1Br)C(=O)NCC1CCCCC1. The minimum Gasteiger partial charge on any atom is -0.480 e. The number of benzene rings is 1. The van der Waals surface area contributed by atoms with Crippen molar-refractivity contribution < 1.29 is 9.53 Å². The molecule has 2 rings (SSSR count). The third-order valence-corrected chi connectivity index (χ3v) is 4.71. The van der Waals surface area contributed by atoms with Crippen LogP contribution in [0, 0.1) is 5.92 Å². The van der Waals surface area contributed by atoms with E-state index >= 15 is 0 Å².